The van der Waals surface area contributed by atoms with Crippen molar-refractivity contribution in [2.24, 2.45) is 0 Å². The molecule has 3 aromatic carbocycles. The summed E-state index contributed by atoms with van der Waals surface area (Å²) in [6.45, 7) is 3.84. The molecule has 0 heterocycles. The van der Waals surface area contributed by atoms with Crippen molar-refractivity contribution in [3.05, 3.63) is 102 Å². The normalized spacial score (nSPS) is 13.3. The molecule has 6 heteroatoms. The average Bonchev–Trinajstić information content (AvgIpc) is 2.82. The molecule has 0 aliphatic rings. The fourth-order valence-electron chi connectivity index (χ4n) is 3.65. The Morgan fingerprint density at radius 1 is 0.788 bits per heavy atom. The highest BCUT2D eigenvalue weighted by molar-refractivity contribution is 7.89. The Labute approximate surface area is 197 Å². The number of hydrogen-bond acceptors (Lipinski definition) is 3. The number of rotatable bonds is 11. The van der Waals surface area contributed by atoms with Gasteiger partial charge in [0, 0.05) is 18.5 Å². The summed E-state index contributed by atoms with van der Waals surface area (Å²) < 4.78 is 28.1. The van der Waals surface area contributed by atoms with Crippen molar-refractivity contribution in [3.8, 4) is 0 Å². The second-order valence-electron chi connectivity index (χ2n) is 8.39. The van der Waals surface area contributed by atoms with Gasteiger partial charge in [-0.15, -0.1) is 0 Å². The number of amides is 1. The summed E-state index contributed by atoms with van der Waals surface area (Å²) in [6.07, 6.45) is 2.74. The second kappa shape index (κ2) is 11.8. The maximum atomic E-state index is 12.7. The molecule has 174 valence electrons. The Bertz CT molecular complexity index is 1120. The lowest BCUT2D eigenvalue weighted by molar-refractivity contribution is -0.121. The summed E-state index contributed by atoms with van der Waals surface area (Å²) in [6, 6.07) is 26.2. The van der Waals surface area contributed by atoms with Crippen LogP contribution in [0.1, 0.15) is 49.4 Å². The van der Waals surface area contributed by atoms with Crippen LogP contribution in [0.25, 0.3) is 0 Å². The highest BCUT2D eigenvalue weighted by Gasteiger charge is 2.18. The number of sulfonamides is 1. The van der Waals surface area contributed by atoms with Crippen molar-refractivity contribution >= 4 is 15.9 Å². The van der Waals surface area contributed by atoms with Crippen LogP contribution in [0, 0.1) is 0 Å². The van der Waals surface area contributed by atoms with Gasteiger partial charge in [0.1, 0.15) is 0 Å². The molecule has 2 atom stereocenters. The molecule has 0 saturated carbocycles. The molecule has 0 aliphatic carbocycles. The van der Waals surface area contributed by atoms with Crippen LogP contribution < -0.4 is 10.0 Å². The lowest BCUT2D eigenvalue weighted by atomic mass is 10.1. The molecule has 0 fully saturated rings. The minimum absolute atomic E-state index is 0.00520. The van der Waals surface area contributed by atoms with Crippen molar-refractivity contribution in [1.29, 1.82) is 0 Å². The summed E-state index contributed by atoms with van der Waals surface area (Å²) in [5.74, 6) is 0.00520. The molecule has 0 bridgehead atoms. The van der Waals surface area contributed by atoms with Gasteiger partial charge in [0.15, 0.2) is 0 Å². The lowest BCUT2D eigenvalue weighted by Crippen LogP contribution is -2.33. The first-order valence-corrected chi connectivity index (χ1v) is 12.8. The van der Waals surface area contributed by atoms with Crippen LogP contribution in [0.4, 0.5) is 0 Å². The summed E-state index contributed by atoms with van der Waals surface area (Å²) in [5.41, 5.74) is 3.10. The molecule has 0 saturated heterocycles. The molecule has 0 radical (unpaired) electrons. The maximum Gasteiger partial charge on any atom is 0.241 e. The molecule has 3 rings (SSSR count). The Morgan fingerprint density at radius 2 is 1.36 bits per heavy atom. The van der Waals surface area contributed by atoms with Crippen LogP contribution in [-0.2, 0) is 27.7 Å². The summed E-state index contributed by atoms with van der Waals surface area (Å²) >= 11 is 0. The molecule has 5 nitrogen and oxygen atoms in total. The first-order valence-electron chi connectivity index (χ1n) is 11.3. The van der Waals surface area contributed by atoms with E-state index in [1.165, 1.54) is 5.56 Å². The SMILES string of the molecule is C[C@H](CCc1ccccc1)NC(=O)CCc1ccc(S(=O)(=O)N[C@@H](C)c2ccccc2)cc1. The Morgan fingerprint density at radius 3 is 2.00 bits per heavy atom. The molecule has 0 aliphatic heterocycles. The molecule has 33 heavy (non-hydrogen) atoms. The van der Waals surface area contributed by atoms with Crippen molar-refractivity contribution < 1.29 is 13.2 Å². The smallest absolute Gasteiger partial charge is 0.241 e. The van der Waals surface area contributed by atoms with E-state index in [9.17, 15) is 13.2 Å². The summed E-state index contributed by atoms with van der Waals surface area (Å²) in [5, 5.41) is 3.05. The minimum Gasteiger partial charge on any atom is -0.354 e. The number of benzene rings is 3. The largest absolute Gasteiger partial charge is 0.354 e. The van der Waals surface area contributed by atoms with Crippen molar-refractivity contribution in [3.63, 3.8) is 0 Å². The van der Waals surface area contributed by atoms with Gasteiger partial charge in [-0.05, 0) is 61.9 Å². The van der Waals surface area contributed by atoms with Gasteiger partial charge in [0.25, 0.3) is 0 Å². The van der Waals surface area contributed by atoms with E-state index in [2.05, 4.69) is 22.2 Å². The first kappa shape index (κ1) is 24.7. The first-order chi connectivity index (χ1) is 15.8. The Hall–Kier alpha value is -2.96. The van der Waals surface area contributed by atoms with E-state index in [4.69, 9.17) is 0 Å². The fourth-order valence-corrected chi connectivity index (χ4v) is 4.88. The van der Waals surface area contributed by atoms with Gasteiger partial charge in [0.05, 0.1) is 4.90 Å². The maximum absolute atomic E-state index is 12.7. The van der Waals surface area contributed by atoms with Crippen molar-refractivity contribution in [2.75, 3.05) is 0 Å². The van der Waals surface area contributed by atoms with Gasteiger partial charge in [-0.3, -0.25) is 4.79 Å². The highest BCUT2D eigenvalue weighted by Crippen LogP contribution is 2.17. The zero-order valence-electron chi connectivity index (χ0n) is 19.2. The van der Waals surface area contributed by atoms with E-state index >= 15 is 0 Å². The third kappa shape index (κ3) is 7.84. The van der Waals surface area contributed by atoms with Crippen molar-refractivity contribution in [1.82, 2.24) is 10.0 Å². The number of hydrogen-bond donors (Lipinski definition) is 2. The zero-order chi connectivity index (χ0) is 23.7. The number of carbonyl (C=O) groups is 1. The van der Waals surface area contributed by atoms with Crippen molar-refractivity contribution in [2.45, 2.75) is 56.5 Å². The molecule has 3 aromatic rings. The molecular formula is C27H32N2O3S. The lowest BCUT2D eigenvalue weighted by Gasteiger charge is -2.15. The van der Waals surface area contributed by atoms with Crippen LogP contribution in [0.3, 0.4) is 0 Å². The number of carbonyl (C=O) groups excluding carboxylic acids is 1. The molecule has 1 amide bonds. The van der Waals surface area contributed by atoms with E-state index in [-0.39, 0.29) is 22.9 Å². The summed E-state index contributed by atoms with van der Waals surface area (Å²) in [7, 11) is -3.63. The van der Waals surface area contributed by atoms with Gasteiger partial charge >= 0.3 is 0 Å². The van der Waals surface area contributed by atoms with E-state index in [0.29, 0.717) is 12.8 Å². The average molecular weight is 465 g/mol. The van der Waals surface area contributed by atoms with E-state index in [1.807, 2.05) is 62.4 Å². The number of aryl methyl sites for hydroxylation is 2. The van der Waals surface area contributed by atoms with Crippen LogP contribution in [0.5, 0.6) is 0 Å². The third-order valence-electron chi connectivity index (χ3n) is 5.62. The summed E-state index contributed by atoms with van der Waals surface area (Å²) in [4.78, 5) is 12.5. The van der Waals surface area contributed by atoms with E-state index < -0.39 is 10.0 Å². The predicted octanol–water partition coefficient (Wildman–Crippen LogP) is 4.80. The van der Waals surface area contributed by atoms with Gasteiger partial charge < -0.3 is 5.32 Å². The molecule has 0 spiro atoms. The van der Waals surface area contributed by atoms with Crippen LogP contribution in [0.2, 0.25) is 0 Å². The standard InChI is InChI=1S/C27H32N2O3S/c1-21(13-14-23-9-5-3-6-10-23)28-27(30)20-17-24-15-18-26(19-16-24)33(31,32)29-22(2)25-11-7-4-8-12-25/h3-12,15-16,18-19,21-22,29H,13-14,17,20H2,1-2H3,(H,28,30)/t21-,22+/m1/s1. The Balaban J connectivity index is 1.46. The fraction of sp³-hybridized carbons (Fsp3) is 0.296. The third-order valence-corrected chi connectivity index (χ3v) is 7.18. The minimum atomic E-state index is -3.63. The quantitative estimate of drug-likeness (QED) is 0.428. The monoisotopic (exact) mass is 464 g/mol. The van der Waals surface area contributed by atoms with Gasteiger partial charge in [-0.1, -0.05) is 72.8 Å². The predicted molar refractivity (Wildman–Crippen MR) is 132 cm³/mol. The van der Waals surface area contributed by atoms with Gasteiger partial charge in [-0.25, -0.2) is 13.1 Å². The topological polar surface area (TPSA) is 75.3 Å². The molecule has 2 N–H and O–H groups in total. The van der Waals surface area contributed by atoms with E-state index in [0.717, 1.165) is 24.0 Å². The van der Waals surface area contributed by atoms with E-state index in [1.54, 1.807) is 24.3 Å². The van der Waals surface area contributed by atoms with Crippen LogP contribution in [0.15, 0.2) is 89.8 Å². The Kier molecular flexibility index (Phi) is 8.80. The highest BCUT2D eigenvalue weighted by atomic mass is 32.2. The van der Waals surface area contributed by atoms with Gasteiger partial charge in [-0.2, -0.15) is 0 Å². The number of nitrogens with one attached hydrogen (secondary N) is 2. The second-order valence-corrected chi connectivity index (χ2v) is 10.1. The molecular weight excluding hydrogens is 432 g/mol. The zero-order valence-corrected chi connectivity index (χ0v) is 20.0. The molecule has 0 unspecified atom stereocenters. The molecule has 0 aromatic heterocycles. The van der Waals surface area contributed by atoms with Crippen LogP contribution in [-0.4, -0.2) is 20.4 Å². The van der Waals surface area contributed by atoms with Crippen LogP contribution >= 0.6 is 0 Å². The van der Waals surface area contributed by atoms with Gasteiger partial charge in [0.2, 0.25) is 15.9 Å².